The third kappa shape index (κ3) is 11.0. The summed E-state index contributed by atoms with van der Waals surface area (Å²) in [6.07, 6.45) is 0.780. The number of aromatic nitrogens is 1. The SMILES string of the molecule is NC(=O)C(CCC(=O)O)NC(=O)c1csc(C(N)CCCCN=C(N)NC(=O)OCc2ccccc2)n1. The summed E-state index contributed by atoms with van der Waals surface area (Å²) in [5, 5.41) is 15.6. The molecular weight excluding hydrogens is 502 g/mol. The molecule has 13 nitrogen and oxygen atoms in total. The summed E-state index contributed by atoms with van der Waals surface area (Å²) in [4.78, 5) is 54.6. The summed E-state index contributed by atoms with van der Waals surface area (Å²) in [6, 6.07) is 7.69. The molecule has 0 spiro atoms. The van der Waals surface area contributed by atoms with Gasteiger partial charge in [-0.3, -0.25) is 24.7 Å². The van der Waals surface area contributed by atoms with Crippen molar-refractivity contribution < 1.29 is 29.0 Å². The largest absolute Gasteiger partial charge is 0.481 e. The Morgan fingerprint density at radius 3 is 2.51 bits per heavy atom. The summed E-state index contributed by atoms with van der Waals surface area (Å²) in [5.41, 5.74) is 18.0. The van der Waals surface area contributed by atoms with E-state index in [9.17, 15) is 19.2 Å². The van der Waals surface area contributed by atoms with Crippen LogP contribution >= 0.6 is 11.3 Å². The number of nitrogens with one attached hydrogen (secondary N) is 2. The molecule has 2 rings (SSSR count). The Hall–Kier alpha value is -4.04. The topological polar surface area (TPSA) is 225 Å². The number of alkyl carbamates (subject to hydrolysis) is 1. The first-order valence-electron chi connectivity index (χ1n) is 11.5. The lowest BCUT2D eigenvalue weighted by molar-refractivity contribution is -0.137. The second-order valence-electron chi connectivity index (χ2n) is 7.99. The van der Waals surface area contributed by atoms with Gasteiger partial charge in [-0.25, -0.2) is 9.78 Å². The van der Waals surface area contributed by atoms with E-state index in [0.29, 0.717) is 30.8 Å². The quantitative estimate of drug-likeness (QED) is 0.115. The number of aliphatic carboxylic acids is 1. The van der Waals surface area contributed by atoms with Gasteiger partial charge in [0.25, 0.3) is 5.91 Å². The Morgan fingerprint density at radius 1 is 1.11 bits per heavy atom. The zero-order valence-electron chi connectivity index (χ0n) is 20.1. The van der Waals surface area contributed by atoms with Gasteiger partial charge in [-0.2, -0.15) is 0 Å². The summed E-state index contributed by atoms with van der Waals surface area (Å²) in [6.45, 7) is 0.488. The number of carbonyl (C=O) groups excluding carboxylic acids is 3. The van der Waals surface area contributed by atoms with Crippen LogP contribution < -0.4 is 27.8 Å². The monoisotopic (exact) mass is 533 g/mol. The van der Waals surface area contributed by atoms with Crippen LogP contribution in [-0.2, 0) is 20.9 Å². The molecule has 2 unspecified atom stereocenters. The van der Waals surface area contributed by atoms with Crippen LogP contribution in [0.4, 0.5) is 4.79 Å². The van der Waals surface area contributed by atoms with Crippen LogP contribution in [-0.4, -0.2) is 52.5 Å². The number of thiazole rings is 1. The number of rotatable bonds is 14. The number of carbonyl (C=O) groups is 4. The smallest absolute Gasteiger partial charge is 0.414 e. The van der Waals surface area contributed by atoms with Crippen LogP contribution in [0.5, 0.6) is 0 Å². The van der Waals surface area contributed by atoms with E-state index in [2.05, 4.69) is 20.6 Å². The van der Waals surface area contributed by atoms with Gasteiger partial charge in [-0.05, 0) is 31.2 Å². The van der Waals surface area contributed by atoms with E-state index in [1.807, 2.05) is 30.3 Å². The number of amides is 3. The van der Waals surface area contributed by atoms with Crippen molar-refractivity contribution >= 4 is 41.2 Å². The molecule has 0 fully saturated rings. The number of ether oxygens (including phenoxy) is 1. The molecule has 3 amide bonds. The number of guanidine groups is 1. The predicted molar refractivity (Wildman–Crippen MR) is 136 cm³/mol. The van der Waals surface area contributed by atoms with Crippen molar-refractivity contribution in [3.05, 3.63) is 52.0 Å². The maximum Gasteiger partial charge on any atom is 0.414 e. The van der Waals surface area contributed by atoms with Crippen molar-refractivity contribution in [1.82, 2.24) is 15.6 Å². The molecule has 0 aliphatic rings. The maximum absolute atomic E-state index is 12.4. The molecule has 0 saturated carbocycles. The predicted octanol–water partition coefficient (Wildman–Crippen LogP) is 1.00. The average Bonchev–Trinajstić information content (AvgIpc) is 3.36. The van der Waals surface area contributed by atoms with E-state index in [-0.39, 0.29) is 31.1 Å². The Morgan fingerprint density at radius 2 is 1.84 bits per heavy atom. The lowest BCUT2D eigenvalue weighted by atomic mass is 10.1. The fraction of sp³-hybridized carbons (Fsp3) is 0.391. The highest BCUT2D eigenvalue weighted by atomic mass is 32.1. The van der Waals surface area contributed by atoms with Gasteiger partial charge < -0.3 is 32.4 Å². The number of aliphatic imine (C=N–C) groups is 1. The Labute approximate surface area is 217 Å². The standard InChI is InChI=1S/C23H31N7O6S/c24-15(21-29-17(13-37-21)20(34)28-16(19(25)33)9-10-18(31)32)8-4-5-11-27-22(26)30-23(35)36-12-14-6-2-1-3-7-14/h1-3,6-7,13,15-16H,4-5,8-12,24H2,(H2,25,33)(H,28,34)(H,31,32)(H3,26,27,30,35). The Bertz CT molecular complexity index is 1090. The second-order valence-corrected chi connectivity index (χ2v) is 8.88. The zero-order valence-corrected chi connectivity index (χ0v) is 20.9. The number of nitrogens with two attached hydrogens (primary N) is 3. The van der Waals surface area contributed by atoms with Gasteiger partial charge in [0.1, 0.15) is 23.4 Å². The minimum atomic E-state index is -1.12. The lowest BCUT2D eigenvalue weighted by Crippen LogP contribution is -2.44. The minimum Gasteiger partial charge on any atom is -0.481 e. The van der Waals surface area contributed by atoms with Crippen molar-refractivity contribution in [3.63, 3.8) is 0 Å². The molecule has 200 valence electrons. The first-order chi connectivity index (χ1) is 17.7. The molecule has 0 saturated heterocycles. The van der Waals surface area contributed by atoms with Gasteiger partial charge in [-0.15, -0.1) is 11.3 Å². The summed E-state index contributed by atoms with van der Waals surface area (Å²) in [5.74, 6) is -2.61. The zero-order chi connectivity index (χ0) is 27.2. The minimum absolute atomic E-state index is 0.0458. The molecule has 1 heterocycles. The summed E-state index contributed by atoms with van der Waals surface area (Å²) < 4.78 is 5.07. The number of benzene rings is 1. The van der Waals surface area contributed by atoms with E-state index in [4.69, 9.17) is 27.0 Å². The normalized spacial score (nSPS) is 12.8. The maximum atomic E-state index is 12.4. The number of carboxylic acids is 1. The molecule has 37 heavy (non-hydrogen) atoms. The fourth-order valence-corrected chi connectivity index (χ4v) is 3.89. The van der Waals surface area contributed by atoms with E-state index in [1.54, 1.807) is 0 Å². The number of primary amides is 1. The van der Waals surface area contributed by atoms with Gasteiger partial charge in [-0.1, -0.05) is 30.3 Å². The number of unbranched alkanes of at least 4 members (excludes halogenated alkanes) is 1. The van der Waals surface area contributed by atoms with Crippen molar-refractivity contribution in [2.75, 3.05) is 6.54 Å². The van der Waals surface area contributed by atoms with Crippen molar-refractivity contribution in [3.8, 4) is 0 Å². The first-order valence-corrected chi connectivity index (χ1v) is 12.3. The van der Waals surface area contributed by atoms with Crippen LogP contribution in [0, 0.1) is 0 Å². The number of nitrogens with zero attached hydrogens (tertiary/aromatic N) is 2. The van der Waals surface area contributed by atoms with Crippen molar-refractivity contribution in [1.29, 1.82) is 0 Å². The molecule has 9 N–H and O–H groups in total. The highest BCUT2D eigenvalue weighted by molar-refractivity contribution is 7.09. The average molecular weight is 534 g/mol. The highest BCUT2D eigenvalue weighted by Gasteiger charge is 2.22. The van der Waals surface area contributed by atoms with E-state index >= 15 is 0 Å². The van der Waals surface area contributed by atoms with Crippen LogP contribution in [0.25, 0.3) is 0 Å². The summed E-state index contributed by atoms with van der Waals surface area (Å²) >= 11 is 1.20. The number of hydrogen-bond donors (Lipinski definition) is 6. The van der Waals surface area contributed by atoms with Crippen LogP contribution in [0.2, 0.25) is 0 Å². The molecule has 1 aromatic heterocycles. The Kier molecular flexibility index (Phi) is 12.0. The molecule has 2 atom stereocenters. The molecule has 14 heteroatoms. The molecular formula is C23H31N7O6S. The van der Waals surface area contributed by atoms with Gasteiger partial charge in [0.05, 0.1) is 6.04 Å². The van der Waals surface area contributed by atoms with E-state index < -0.39 is 36.0 Å². The van der Waals surface area contributed by atoms with Gasteiger partial charge in [0.15, 0.2) is 5.96 Å². The highest BCUT2D eigenvalue weighted by Crippen LogP contribution is 2.21. The molecule has 0 bridgehead atoms. The van der Waals surface area contributed by atoms with E-state index in [0.717, 1.165) is 5.56 Å². The van der Waals surface area contributed by atoms with Gasteiger partial charge in [0, 0.05) is 18.3 Å². The Balaban J connectivity index is 1.70. The van der Waals surface area contributed by atoms with Crippen molar-refractivity contribution in [2.45, 2.75) is 50.8 Å². The van der Waals surface area contributed by atoms with Crippen LogP contribution in [0.15, 0.2) is 40.7 Å². The molecule has 2 aromatic rings. The first kappa shape index (κ1) is 29.2. The van der Waals surface area contributed by atoms with Gasteiger partial charge in [0.2, 0.25) is 5.91 Å². The van der Waals surface area contributed by atoms with Crippen molar-refractivity contribution in [2.24, 2.45) is 22.2 Å². The van der Waals surface area contributed by atoms with E-state index in [1.165, 1.54) is 16.7 Å². The van der Waals surface area contributed by atoms with Crippen LogP contribution in [0.3, 0.4) is 0 Å². The summed E-state index contributed by atoms with van der Waals surface area (Å²) in [7, 11) is 0. The molecule has 0 aliphatic heterocycles. The molecule has 0 radical (unpaired) electrons. The fourth-order valence-electron chi connectivity index (χ4n) is 3.05. The third-order valence-electron chi connectivity index (χ3n) is 5.02. The lowest BCUT2D eigenvalue weighted by Gasteiger charge is -2.13. The molecule has 1 aromatic carbocycles. The third-order valence-corrected chi connectivity index (χ3v) is 5.99. The van der Waals surface area contributed by atoms with Gasteiger partial charge >= 0.3 is 12.1 Å². The molecule has 0 aliphatic carbocycles. The number of carboxylic acid groups (broad SMARTS) is 1. The van der Waals surface area contributed by atoms with Crippen LogP contribution in [0.1, 0.15) is 59.2 Å². The second kappa shape index (κ2) is 15.2. The number of hydrogen-bond acceptors (Lipinski definition) is 9.